The van der Waals surface area contributed by atoms with Crippen molar-refractivity contribution in [3.63, 3.8) is 0 Å². The van der Waals surface area contributed by atoms with Crippen LogP contribution in [-0.4, -0.2) is 24.2 Å². The number of hydrogen-bond acceptors (Lipinski definition) is 3. The summed E-state index contributed by atoms with van der Waals surface area (Å²) in [5, 5.41) is 12.9. The molecule has 0 fully saturated rings. The molecule has 2 N–H and O–H groups in total. The van der Waals surface area contributed by atoms with Crippen LogP contribution in [0.2, 0.25) is 5.02 Å². The fourth-order valence-electron chi connectivity index (χ4n) is 2.04. The SMILES string of the molecule is CCOc1ccc(C(=O)NC(CO)c2ccc(Cl)cc2)cc1. The molecule has 0 heterocycles. The van der Waals surface area contributed by atoms with Gasteiger partial charge < -0.3 is 15.2 Å². The topological polar surface area (TPSA) is 58.6 Å². The smallest absolute Gasteiger partial charge is 0.251 e. The van der Waals surface area contributed by atoms with Crippen molar-refractivity contribution < 1.29 is 14.6 Å². The van der Waals surface area contributed by atoms with E-state index in [9.17, 15) is 9.90 Å². The Hall–Kier alpha value is -2.04. The molecule has 2 rings (SSSR count). The van der Waals surface area contributed by atoms with Crippen LogP contribution >= 0.6 is 11.6 Å². The zero-order valence-corrected chi connectivity index (χ0v) is 13.0. The molecule has 22 heavy (non-hydrogen) atoms. The predicted octanol–water partition coefficient (Wildman–Crippen LogP) is 3.20. The molecule has 1 atom stereocenters. The average Bonchev–Trinajstić information content (AvgIpc) is 2.54. The van der Waals surface area contributed by atoms with Crippen LogP contribution < -0.4 is 10.1 Å². The number of ether oxygens (including phenoxy) is 1. The maximum Gasteiger partial charge on any atom is 0.251 e. The predicted molar refractivity (Wildman–Crippen MR) is 86.4 cm³/mol. The van der Waals surface area contributed by atoms with Gasteiger partial charge in [-0.15, -0.1) is 0 Å². The second-order valence-electron chi connectivity index (χ2n) is 4.72. The van der Waals surface area contributed by atoms with E-state index in [-0.39, 0.29) is 12.5 Å². The Morgan fingerprint density at radius 3 is 2.36 bits per heavy atom. The fraction of sp³-hybridized carbons (Fsp3) is 0.235. The van der Waals surface area contributed by atoms with Crippen molar-refractivity contribution in [1.29, 1.82) is 0 Å². The molecule has 0 aliphatic heterocycles. The van der Waals surface area contributed by atoms with Gasteiger partial charge in [0.25, 0.3) is 5.91 Å². The number of aliphatic hydroxyl groups excluding tert-OH is 1. The molecule has 0 bridgehead atoms. The Balaban J connectivity index is 2.06. The third-order valence-electron chi connectivity index (χ3n) is 3.19. The van der Waals surface area contributed by atoms with E-state index in [2.05, 4.69) is 5.32 Å². The van der Waals surface area contributed by atoms with Gasteiger partial charge in [0, 0.05) is 10.6 Å². The Labute approximate surface area is 134 Å². The minimum Gasteiger partial charge on any atom is -0.494 e. The molecule has 0 aliphatic rings. The largest absolute Gasteiger partial charge is 0.494 e. The van der Waals surface area contributed by atoms with Crippen molar-refractivity contribution in [2.75, 3.05) is 13.2 Å². The monoisotopic (exact) mass is 319 g/mol. The van der Waals surface area contributed by atoms with E-state index in [1.807, 2.05) is 6.92 Å². The number of halogens is 1. The van der Waals surface area contributed by atoms with Gasteiger partial charge in [0.2, 0.25) is 0 Å². The van der Waals surface area contributed by atoms with Gasteiger partial charge in [0.15, 0.2) is 0 Å². The van der Waals surface area contributed by atoms with E-state index >= 15 is 0 Å². The molecule has 0 spiro atoms. The molecule has 116 valence electrons. The number of carbonyl (C=O) groups excluding carboxylic acids is 1. The minimum atomic E-state index is -0.476. The number of hydrogen-bond donors (Lipinski definition) is 2. The van der Waals surface area contributed by atoms with Gasteiger partial charge in [-0.25, -0.2) is 0 Å². The first-order valence-corrected chi connectivity index (χ1v) is 7.42. The zero-order valence-electron chi connectivity index (χ0n) is 12.3. The van der Waals surface area contributed by atoms with Gasteiger partial charge in [-0.3, -0.25) is 4.79 Å². The minimum absolute atomic E-state index is 0.190. The van der Waals surface area contributed by atoms with Crippen LogP contribution in [0, 0.1) is 0 Å². The van der Waals surface area contributed by atoms with E-state index in [0.29, 0.717) is 17.2 Å². The molecule has 1 amide bonds. The molecule has 0 saturated heterocycles. The summed E-state index contributed by atoms with van der Waals surface area (Å²) >= 11 is 5.84. The highest BCUT2D eigenvalue weighted by atomic mass is 35.5. The maximum absolute atomic E-state index is 12.2. The number of carbonyl (C=O) groups is 1. The van der Waals surface area contributed by atoms with E-state index in [1.165, 1.54) is 0 Å². The third-order valence-corrected chi connectivity index (χ3v) is 3.44. The quantitative estimate of drug-likeness (QED) is 0.859. The number of amides is 1. The summed E-state index contributed by atoms with van der Waals surface area (Å²) in [6.45, 7) is 2.29. The maximum atomic E-state index is 12.2. The Morgan fingerprint density at radius 2 is 1.82 bits per heavy atom. The molecular formula is C17H18ClNO3. The van der Waals surface area contributed by atoms with Gasteiger partial charge in [-0.05, 0) is 48.9 Å². The summed E-state index contributed by atoms with van der Waals surface area (Å²) in [6.07, 6.45) is 0. The van der Waals surface area contributed by atoms with Crippen LogP contribution in [0.1, 0.15) is 28.9 Å². The normalized spacial score (nSPS) is 11.8. The van der Waals surface area contributed by atoms with Crippen LogP contribution in [-0.2, 0) is 0 Å². The van der Waals surface area contributed by atoms with Crippen LogP contribution in [0.5, 0.6) is 5.75 Å². The van der Waals surface area contributed by atoms with Crippen LogP contribution in [0.25, 0.3) is 0 Å². The highest BCUT2D eigenvalue weighted by molar-refractivity contribution is 6.30. The first kappa shape index (κ1) is 16.3. The Morgan fingerprint density at radius 1 is 1.18 bits per heavy atom. The van der Waals surface area contributed by atoms with E-state index in [0.717, 1.165) is 11.3 Å². The molecule has 0 aromatic heterocycles. The molecule has 0 radical (unpaired) electrons. The summed E-state index contributed by atoms with van der Waals surface area (Å²) in [5.41, 5.74) is 1.31. The Kier molecular flexibility index (Phi) is 5.81. The van der Waals surface area contributed by atoms with Crippen molar-refractivity contribution >= 4 is 17.5 Å². The summed E-state index contributed by atoms with van der Waals surface area (Å²) in [6, 6.07) is 13.4. The van der Waals surface area contributed by atoms with E-state index in [1.54, 1.807) is 48.5 Å². The summed E-state index contributed by atoms with van der Waals surface area (Å²) in [4.78, 5) is 12.2. The number of rotatable bonds is 6. The molecule has 1 unspecified atom stereocenters. The molecular weight excluding hydrogens is 302 g/mol. The second kappa shape index (κ2) is 7.82. The third kappa shape index (κ3) is 4.23. The number of benzene rings is 2. The van der Waals surface area contributed by atoms with Crippen molar-refractivity contribution in [1.82, 2.24) is 5.32 Å². The highest BCUT2D eigenvalue weighted by Crippen LogP contribution is 2.18. The lowest BCUT2D eigenvalue weighted by Crippen LogP contribution is -2.30. The van der Waals surface area contributed by atoms with Crippen molar-refractivity contribution in [2.45, 2.75) is 13.0 Å². The lowest BCUT2D eigenvalue weighted by molar-refractivity contribution is 0.0916. The summed E-state index contributed by atoms with van der Waals surface area (Å²) in [5.74, 6) is 0.465. The second-order valence-corrected chi connectivity index (χ2v) is 5.15. The molecule has 4 nitrogen and oxygen atoms in total. The van der Waals surface area contributed by atoms with Crippen LogP contribution in [0.4, 0.5) is 0 Å². The fourth-order valence-corrected chi connectivity index (χ4v) is 2.17. The lowest BCUT2D eigenvalue weighted by atomic mass is 10.1. The first-order chi connectivity index (χ1) is 10.6. The molecule has 0 saturated carbocycles. The molecule has 0 aliphatic carbocycles. The van der Waals surface area contributed by atoms with E-state index < -0.39 is 6.04 Å². The van der Waals surface area contributed by atoms with Crippen molar-refractivity contribution in [2.24, 2.45) is 0 Å². The lowest BCUT2D eigenvalue weighted by Gasteiger charge is -2.17. The van der Waals surface area contributed by atoms with Crippen LogP contribution in [0.15, 0.2) is 48.5 Å². The van der Waals surface area contributed by atoms with Crippen molar-refractivity contribution in [3.05, 3.63) is 64.7 Å². The van der Waals surface area contributed by atoms with Gasteiger partial charge in [-0.1, -0.05) is 23.7 Å². The van der Waals surface area contributed by atoms with E-state index in [4.69, 9.17) is 16.3 Å². The molecule has 2 aromatic rings. The molecule has 2 aromatic carbocycles. The number of nitrogens with one attached hydrogen (secondary N) is 1. The van der Waals surface area contributed by atoms with Gasteiger partial charge >= 0.3 is 0 Å². The van der Waals surface area contributed by atoms with Crippen molar-refractivity contribution in [3.8, 4) is 5.75 Å². The first-order valence-electron chi connectivity index (χ1n) is 7.04. The highest BCUT2D eigenvalue weighted by Gasteiger charge is 2.15. The zero-order chi connectivity index (χ0) is 15.9. The standard InChI is InChI=1S/C17H18ClNO3/c1-2-22-15-9-5-13(6-10-15)17(21)19-16(11-20)12-3-7-14(18)8-4-12/h3-10,16,20H,2,11H2,1H3,(H,19,21). The van der Waals surface area contributed by atoms with Gasteiger partial charge in [-0.2, -0.15) is 0 Å². The van der Waals surface area contributed by atoms with Crippen LogP contribution in [0.3, 0.4) is 0 Å². The number of aliphatic hydroxyl groups is 1. The van der Waals surface area contributed by atoms with Gasteiger partial charge in [0.05, 0.1) is 19.3 Å². The summed E-state index contributed by atoms with van der Waals surface area (Å²) in [7, 11) is 0. The summed E-state index contributed by atoms with van der Waals surface area (Å²) < 4.78 is 5.34. The average molecular weight is 320 g/mol. The Bertz CT molecular complexity index is 611. The van der Waals surface area contributed by atoms with Gasteiger partial charge in [0.1, 0.15) is 5.75 Å². The molecule has 5 heteroatoms.